The summed E-state index contributed by atoms with van der Waals surface area (Å²) < 4.78 is 155. The van der Waals surface area contributed by atoms with E-state index < -0.39 is 71.7 Å². The van der Waals surface area contributed by atoms with Crippen molar-refractivity contribution in [3.8, 4) is 22.9 Å². The number of imidazole rings is 2. The van der Waals surface area contributed by atoms with Crippen molar-refractivity contribution >= 4 is 58.1 Å². The van der Waals surface area contributed by atoms with Crippen LogP contribution in [0.1, 0.15) is 71.2 Å². The number of anilines is 6. The van der Waals surface area contributed by atoms with Crippen LogP contribution in [0.25, 0.3) is 11.4 Å². The Morgan fingerprint density at radius 3 is 1.26 bits per heavy atom. The fourth-order valence-corrected chi connectivity index (χ4v) is 10.9. The zero-order chi connectivity index (χ0) is 56.4. The minimum Gasteiger partial charge on any atom is -0.494 e. The molecule has 0 amide bonds. The van der Waals surface area contributed by atoms with Crippen LogP contribution < -0.4 is 29.9 Å². The predicted molar refractivity (Wildman–Crippen MR) is 277 cm³/mol. The van der Waals surface area contributed by atoms with Crippen molar-refractivity contribution in [2.24, 2.45) is 0 Å². The molecule has 2 aliphatic heterocycles. The Morgan fingerprint density at radius 2 is 0.938 bits per heavy atom. The quantitative estimate of drug-likeness (QED) is 0.0890. The molecule has 26 heteroatoms. The van der Waals surface area contributed by atoms with Crippen LogP contribution in [0.2, 0.25) is 10.3 Å². The summed E-state index contributed by atoms with van der Waals surface area (Å²) in [5.74, 6) is -13.3. The van der Waals surface area contributed by atoms with E-state index in [4.69, 9.17) is 32.7 Å². The van der Waals surface area contributed by atoms with E-state index in [0.29, 0.717) is 104 Å². The van der Waals surface area contributed by atoms with Gasteiger partial charge in [0.05, 0.1) is 50.1 Å². The molecule has 6 heterocycles. The van der Waals surface area contributed by atoms with E-state index in [1.54, 1.807) is 57.9 Å². The second-order valence-corrected chi connectivity index (χ2v) is 20.3. The molecule has 2 saturated heterocycles. The third-order valence-electron chi connectivity index (χ3n) is 14.3. The number of alkyl halides is 4. The van der Waals surface area contributed by atoms with Crippen molar-refractivity contribution < 1.29 is 53.4 Å². The molecule has 4 aromatic carbocycles. The summed E-state index contributed by atoms with van der Waals surface area (Å²) in [5, 5.41) is 6.83. The Balaban J connectivity index is 0.000000169. The molecule has 2 fully saturated rings. The minimum atomic E-state index is -2.87. The smallest absolute Gasteiger partial charge is 0.266 e. The summed E-state index contributed by atoms with van der Waals surface area (Å²) >= 11 is 11.9. The standard InChI is InChI=1S/2C27H22ClF5N6O/c2*1-40-21-10-15(2-5-20(21)39-11-22(28)34-13-39)35-26-36-24-16(14-8-18(29)23(31)19(30)9-14)3-4-17(24)25(37-26)38-7-6-27(32,33)12-38/h2*2,5,8-11,13,16H,3-4,6-7,12H2,1H3,(H,35,36,37)/t2*16-/m10/s1. The minimum absolute atomic E-state index is 0.0936. The molecule has 0 unspecified atom stereocenters. The van der Waals surface area contributed by atoms with Gasteiger partial charge in [0.2, 0.25) is 11.9 Å². The molecule has 2 aliphatic carbocycles. The van der Waals surface area contributed by atoms with Crippen LogP contribution in [-0.4, -0.2) is 91.3 Å². The highest BCUT2D eigenvalue weighted by Crippen LogP contribution is 2.46. The van der Waals surface area contributed by atoms with Gasteiger partial charge in [-0.1, -0.05) is 23.2 Å². The number of methoxy groups -OCH3 is 2. The third-order valence-corrected chi connectivity index (χ3v) is 14.7. The van der Waals surface area contributed by atoms with Gasteiger partial charge in [-0.05, 0) is 85.3 Å². The number of rotatable bonds is 12. The Labute approximate surface area is 459 Å². The fourth-order valence-electron chi connectivity index (χ4n) is 10.6. The number of aromatic nitrogens is 8. The van der Waals surface area contributed by atoms with Crippen LogP contribution in [0.15, 0.2) is 85.7 Å². The Morgan fingerprint density at radius 1 is 0.550 bits per heavy atom. The van der Waals surface area contributed by atoms with Gasteiger partial charge in [-0.15, -0.1) is 0 Å². The lowest BCUT2D eigenvalue weighted by Gasteiger charge is -2.22. The molecule has 2 atom stereocenters. The molecular weight excluding hydrogens is 1110 g/mol. The molecule has 14 nitrogen and oxygen atoms in total. The lowest BCUT2D eigenvalue weighted by molar-refractivity contribution is 0.0249. The lowest BCUT2D eigenvalue weighted by Crippen LogP contribution is -2.27. The first-order chi connectivity index (χ1) is 38.2. The number of fused-ring (bicyclic) bond motifs is 2. The van der Waals surface area contributed by atoms with E-state index in [9.17, 15) is 43.9 Å². The first kappa shape index (κ1) is 54.1. The van der Waals surface area contributed by atoms with Gasteiger partial charge in [0.1, 0.15) is 46.1 Å². The number of ether oxygens (including phenoxy) is 2. The van der Waals surface area contributed by atoms with Crippen LogP contribution in [0, 0.1) is 34.9 Å². The van der Waals surface area contributed by atoms with Crippen molar-refractivity contribution in [3.05, 3.63) is 165 Å². The van der Waals surface area contributed by atoms with Crippen LogP contribution in [0.4, 0.5) is 78.8 Å². The van der Waals surface area contributed by atoms with Gasteiger partial charge in [-0.2, -0.15) is 9.97 Å². The molecule has 4 aliphatic rings. The van der Waals surface area contributed by atoms with Crippen molar-refractivity contribution in [2.75, 3.05) is 60.8 Å². The van der Waals surface area contributed by atoms with E-state index in [1.165, 1.54) is 36.7 Å². The normalized spacial score (nSPS) is 17.8. The summed E-state index contributed by atoms with van der Waals surface area (Å²) in [5.41, 5.74) is 4.99. The molecule has 80 heavy (non-hydrogen) atoms. The topological polar surface area (TPSA) is 136 Å². The van der Waals surface area contributed by atoms with Crippen LogP contribution in [0.5, 0.6) is 11.5 Å². The molecule has 0 bridgehead atoms. The average molecular weight is 1150 g/mol. The highest BCUT2D eigenvalue weighted by atomic mass is 35.5. The molecule has 0 radical (unpaired) electrons. The van der Waals surface area contributed by atoms with Gasteiger partial charge in [0.25, 0.3) is 11.8 Å². The molecule has 416 valence electrons. The van der Waals surface area contributed by atoms with Gasteiger partial charge < -0.3 is 39.0 Å². The predicted octanol–water partition coefficient (Wildman–Crippen LogP) is 12.8. The zero-order valence-corrected chi connectivity index (χ0v) is 43.6. The maximum absolute atomic E-state index is 14.2. The Hall–Kier alpha value is -7.86. The van der Waals surface area contributed by atoms with Crippen molar-refractivity contribution in [1.82, 2.24) is 39.0 Å². The average Bonchev–Trinajstić information content (AvgIpc) is 4.37. The number of hydrogen-bond donors (Lipinski definition) is 2. The number of hydrogen-bond acceptors (Lipinski definition) is 12. The largest absolute Gasteiger partial charge is 0.494 e. The summed E-state index contributed by atoms with van der Waals surface area (Å²) in [4.78, 5) is 29.5. The van der Waals surface area contributed by atoms with E-state index in [2.05, 4.69) is 40.5 Å². The van der Waals surface area contributed by atoms with Gasteiger partial charge in [0, 0.05) is 84.8 Å². The first-order valence-electron chi connectivity index (χ1n) is 24.9. The second kappa shape index (κ2) is 21.3. The number of nitrogens with one attached hydrogen (secondary N) is 2. The Kier molecular flexibility index (Phi) is 14.4. The molecular formula is C54H44Cl2F10N12O2. The van der Waals surface area contributed by atoms with Crippen molar-refractivity contribution in [1.29, 1.82) is 0 Å². The van der Waals surface area contributed by atoms with E-state index in [-0.39, 0.29) is 49.0 Å². The molecule has 12 rings (SSSR count). The molecule has 8 aromatic rings. The van der Waals surface area contributed by atoms with Gasteiger partial charge in [-0.25, -0.2) is 63.8 Å². The molecule has 4 aromatic heterocycles. The van der Waals surface area contributed by atoms with Crippen molar-refractivity contribution in [2.45, 2.75) is 62.2 Å². The molecule has 0 spiro atoms. The van der Waals surface area contributed by atoms with Gasteiger partial charge >= 0.3 is 0 Å². The highest BCUT2D eigenvalue weighted by Gasteiger charge is 2.43. The maximum Gasteiger partial charge on any atom is 0.266 e. The van der Waals surface area contributed by atoms with Gasteiger partial charge in [-0.3, -0.25) is 0 Å². The number of nitrogens with zero attached hydrogens (tertiary/aromatic N) is 10. The van der Waals surface area contributed by atoms with E-state index >= 15 is 0 Å². The number of halogens is 12. The zero-order valence-electron chi connectivity index (χ0n) is 42.1. The van der Waals surface area contributed by atoms with Crippen molar-refractivity contribution in [3.63, 3.8) is 0 Å². The second-order valence-electron chi connectivity index (χ2n) is 19.5. The summed E-state index contributed by atoms with van der Waals surface area (Å²) in [6.45, 7) is -0.820. The van der Waals surface area contributed by atoms with Crippen LogP contribution >= 0.6 is 23.2 Å². The fraction of sp³-hybridized carbons (Fsp3) is 0.296. The van der Waals surface area contributed by atoms with E-state index in [1.807, 2.05) is 0 Å². The maximum atomic E-state index is 14.2. The molecule has 0 saturated carbocycles. The van der Waals surface area contributed by atoms with Gasteiger partial charge in [0.15, 0.2) is 34.9 Å². The Bertz CT molecular complexity index is 3420. The van der Waals surface area contributed by atoms with Crippen LogP contribution in [0.3, 0.4) is 0 Å². The number of benzene rings is 4. The lowest BCUT2D eigenvalue weighted by atomic mass is 9.96. The summed E-state index contributed by atoms with van der Waals surface area (Å²) in [7, 11) is 3.01. The van der Waals surface area contributed by atoms with E-state index in [0.717, 1.165) is 24.3 Å². The monoisotopic (exact) mass is 1150 g/mol. The summed E-state index contributed by atoms with van der Waals surface area (Å²) in [6.07, 6.45) is 7.32. The third kappa shape index (κ3) is 10.8. The summed E-state index contributed by atoms with van der Waals surface area (Å²) in [6, 6.07) is 14.2. The molecule has 2 N–H and O–H groups in total. The van der Waals surface area contributed by atoms with Crippen LogP contribution in [-0.2, 0) is 12.8 Å². The SMILES string of the molecule is COc1cc(Nc2nc3c(c(N4CCC(F)(F)C4)n2)CC[C@@H]3c2cc(F)c(F)c(F)c2)ccc1-n1cnc(Cl)c1.COc1cc(Nc2nc3c(c(N4CCC(F)(F)C4)n2)CC[C@H]3c2cc(F)c(F)c(F)c2)ccc1-n1cnc(Cl)c1. The highest BCUT2D eigenvalue weighted by molar-refractivity contribution is 6.29. The first-order valence-corrected chi connectivity index (χ1v) is 25.6.